The lowest BCUT2D eigenvalue weighted by Gasteiger charge is -2.40. The summed E-state index contributed by atoms with van der Waals surface area (Å²) in [6.07, 6.45) is 0.236. The minimum absolute atomic E-state index is 0.0179. The molecule has 216 valence electrons. The number of amides is 3. The van der Waals surface area contributed by atoms with Crippen LogP contribution >= 0.6 is 0 Å². The summed E-state index contributed by atoms with van der Waals surface area (Å²) in [5.41, 5.74) is -3.51. The highest BCUT2D eigenvalue weighted by atomic mass is 32.2. The van der Waals surface area contributed by atoms with Crippen LogP contribution in [0.2, 0.25) is 0 Å². The van der Waals surface area contributed by atoms with E-state index in [4.69, 9.17) is 9.47 Å². The number of hydrogen-bond donors (Lipinski definition) is 1. The molecule has 1 saturated heterocycles. The zero-order valence-corrected chi connectivity index (χ0v) is 24.5. The van der Waals surface area contributed by atoms with Crippen LogP contribution in [0.5, 0.6) is 0 Å². The third-order valence-corrected chi connectivity index (χ3v) is 7.35. The first-order valence-corrected chi connectivity index (χ1v) is 14.6. The van der Waals surface area contributed by atoms with E-state index in [-0.39, 0.29) is 15.7 Å². The van der Waals surface area contributed by atoms with Crippen molar-refractivity contribution in [3.63, 3.8) is 0 Å². The summed E-state index contributed by atoms with van der Waals surface area (Å²) < 4.78 is 34.8. The van der Waals surface area contributed by atoms with E-state index in [2.05, 4.69) is 5.10 Å². The van der Waals surface area contributed by atoms with Gasteiger partial charge in [-0.15, -0.1) is 0 Å². The molecule has 2 aliphatic rings. The zero-order valence-electron chi connectivity index (χ0n) is 23.7. The molecule has 0 radical (unpaired) electrons. The van der Waals surface area contributed by atoms with Crippen LogP contribution < -0.4 is 0 Å². The Morgan fingerprint density at radius 3 is 2.13 bits per heavy atom. The van der Waals surface area contributed by atoms with E-state index in [1.807, 2.05) is 0 Å². The molecule has 1 N–H and O–H groups in total. The second-order valence-electron chi connectivity index (χ2n) is 11.9. The number of nitrogens with zero attached hydrogens (tertiary/aromatic N) is 4. The number of hydrogen-bond acceptors (Lipinski definition) is 9. The lowest BCUT2D eigenvalue weighted by Crippen LogP contribution is -2.62. The van der Waals surface area contributed by atoms with Gasteiger partial charge in [-0.3, -0.25) is 14.9 Å². The van der Waals surface area contributed by atoms with E-state index < -0.39 is 50.8 Å². The van der Waals surface area contributed by atoms with Gasteiger partial charge in [-0.2, -0.15) is 10.2 Å². The summed E-state index contributed by atoms with van der Waals surface area (Å²) in [5, 5.41) is 16.9. The molecule has 1 fully saturated rings. The van der Waals surface area contributed by atoms with Gasteiger partial charge < -0.3 is 9.47 Å². The Kier molecular flexibility index (Phi) is 8.11. The van der Waals surface area contributed by atoms with Crippen LogP contribution in [-0.4, -0.2) is 88.1 Å². The molecule has 2 unspecified atom stereocenters. The summed E-state index contributed by atoms with van der Waals surface area (Å²) >= 11 is 0. The molecule has 0 aliphatic carbocycles. The predicted octanol–water partition coefficient (Wildman–Crippen LogP) is 3.77. The Balaban J connectivity index is 2.10. The minimum atomic E-state index is -3.50. The third-order valence-electron chi connectivity index (χ3n) is 6.22. The molecular formula is C26H38N4O8S. The molecule has 1 aromatic rings. The minimum Gasteiger partial charge on any atom is -0.444 e. The summed E-state index contributed by atoms with van der Waals surface area (Å²) in [6.45, 7) is 11.7. The van der Waals surface area contributed by atoms with E-state index >= 15 is 0 Å². The highest BCUT2D eigenvalue weighted by Gasteiger charge is 2.57. The van der Waals surface area contributed by atoms with Gasteiger partial charge in [-0.05, 0) is 79.9 Å². The maximum atomic E-state index is 14.0. The normalized spacial score (nSPS) is 22.4. The van der Waals surface area contributed by atoms with Crippen molar-refractivity contribution in [1.29, 1.82) is 0 Å². The van der Waals surface area contributed by atoms with Crippen molar-refractivity contribution >= 4 is 33.6 Å². The van der Waals surface area contributed by atoms with Crippen molar-refractivity contribution in [2.75, 3.05) is 12.8 Å². The fourth-order valence-corrected chi connectivity index (χ4v) is 4.99. The Labute approximate surface area is 229 Å². The lowest BCUT2D eigenvalue weighted by atomic mass is 9.89. The molecule has 2 aliphatic heterocycles. The van der Waals surface area contributed by atoms with Gasteiger partial charge in [0.1, 0.15) is 23.1 Å². The fraction of sp³-hybridized carbons (Fsp3) is 0.615. The van der Waals surface area contributed by atoms with Crippen LogP contribution in [0.1, 0.15) is 73.3 Å². The Morgan fingerprint density at radius 2 is 1.62 bits per heavy atom. The molecule has 3 amide bonds. The fourth-order valence-electron chi connectivity index (χ4n) is 4.36. The highest BCUT2D eigenvalue weighted by molar-refractivity contribution is 7.90. The first-order valence-electron chi connectivity index (χ1n) is 12.7. The predicted molar refractivity (Wildman–Crippen MR) is 142 cm³/mol. The van der Waals surface area contributed by atoms with Gasteiger partial charge in [-0.25, -0.2) is 23.0 Å². The van der Waals surface area contributed by atoms with Gasteiger partial charge in [0.05, 0.1) is 4.90 Å². The van der Waals surface area contributed by atoms with Gasteiger partial charge in [0.25, 0.3) is 5.91 Å². The first kappa shape index (κ1) is 30.4. The molecule has 0 aromatic heterocycles. The Hall–Kier alpha value is -3.19. The van der Waals surface area contributed by atoms with Gasteiger partial charge in [-0.1, -0.05) is 12.1 Å². The SMILES string of the molecule is CC(C)(C)OC(=O)N1CCCCC1N1N=C(c2ccc(S(C)(=O)=O)cc2)C(C)(N(O)C(=O)OC(C)(C)C)C1=O. The van der Waals surface area contributed by atoms with Gasteiger partial charge in [0, 0.05) is 18.4 Å². The van der Waals surface area contributed by atoms with Crippen molar-refractivity contribution < 1.29 is 37.5 Å². The second kappa shape index (κ2) is 10.4. The first-order chi connectivity index (χ1) is 17.8. The van der Waals surface area contributed by atoms with E-state index in [9.17, 15) is 28.0 Å². The largest absolute Gasteiger partial charge is 0.444 e. The molecule has 2 heterocycles. The van der Waals surface area contributed by atoms with Gasteiger partial charge in [0.2, 0.25) is 0 Å². The number of carbonyl (C=O) groups is 3. The number of likely N-dealkylation sites (tertiary alicyclic amines) is 1. The number of ether oxygens (including phenoxy) is 2. The van der Waals surface area contributed by atoms with E-state index in [1.165, 1.54) is 36.1 Å². The number of hydrazone groups is 1. The van der Waals surface area contributed by atoms with Crippen LogP contribution in [0.25, 0.3) is 0 Å². The van der Waals surface area contributed by atoms with Crippen LogP contribution in [0.3, 0.4) is 0 Å². The Morgan fingerprint density at radius 1 is 1.05 bits per heavy atom. The Bertz CT molecular complexity index is 1260. The van der Waals surface area contributed by atoms with Crippen LogP contribution in [0.15, 0.2) is 34.3 Å². The monoisotopic (exact) mass is 566 g/mol. The summed E-state index contributed by atoms with van der Waals surface area (Å²) in [5.74, 6) is -0.765. The number of hydroxylamine groups is 2. The molecule has 1 aromatic carbocycles. The molecule has 13 heteroatoms. The highest BCUT2D eigenvalue weighted by Crippen LogP contribution is 2.35. The van der Waals surface area contributed by atoms with E-state index in [0.717, 1.165) is 11.3 Å². The molecule has 3 rings (SSSR count). The van der Waals surface area contributed by atoms with Crippen LogP contribution in [0, 0.1) is 0 Å². The molecule has 0 saturated carbocycles. The topological polar surface area (TPSA) is 146 Å². The van der Waals surface area contributed by atoms with Gasteiger partial charge in [0.15, 0.2) is 15.4 Å². The lowest BCUT2D eigenvalue weighted by molar-refractivity contribution is -0.167. The maximum Gasteiger partial charge on any atom is 0.435 e. The number of rotatable bonds is 4. The maximum absolute atomic E-state index is 14.0. The van der Waals surface area contributed by atoms with Crippen LogP contribution in [0.4, 0.5) is 9.59 Å². The van der Waals surface area contributed by atoms with Crippen molar-refractivity contribution in [1.82, 2.24) is 15.0 Å². The molecular weight excluding hydrogens is 528 g/mol. The van der Waals surface area contributed by atoms with Crippen molar-refractivity contribution in [2.24, 2.45) is 5.10 Å². The second-order valence-corrected chi connectivity index (χ2v) is 13.9. The van der Waals surface area contributed by atoms with Crippen molar-refractivity contribution in [2.45, 2.75) is 95.5 Å². The van der Waals surface area contributed by atoms with E-state index in [0.29, 0.717) is 31.4 Å². The number of piperidine rings is 1. The molecule has 12 nitrogen and oxygen atoms in total. The number of carbonyl (C=O) groups excluding carboxylic acids is 3. The average Bonchev–Trinajstić information content (AvgIpc) is 3.07. The molecule has 0 bridgehead atoms. The smallest absolute Gasteiger partial charge is 0.435 e. The third kappa shape index (κ3) is 6.52. The quantitative estimate of drug-likeness (QED) is 0.428. The van der Waals surface area contributed by atoms with Crippen LogP contribution in [-0.2, 0) is 24.1 Å². The standard InChI is InChI=1S/C26H38N4O8S/c1-24(2,3)37-22(32)28-16-10-9-11-19(28)29-21(31)26(7,30(34)23(33)38-25(4,5)6)20(27-29)17-12-14-18(15-13-17)39(8,35)36/h12-15,19,34H,9-11,16H2,1-8H3. The number of sulfone groups is 1. The molecule has 2 atom stereocenters. The summed E-state index contributed by atoms with van der Waals surface area (Å²) in [7, 11) is -3.50. The number of benzene rings is 1. The summed E-state index contributed by atoms with van der Waals surface area (Å²) in [6, 6.07) is 5.59. The van der Waals surface area contributed by atoms with Gasteiger partial charge >= 0.3 is 12.2 Å². The average molecular weight is 567 g/mol. The van der Waals surface area contributed by atoms with E-state index in [1.54, 1.807) is 41.5 Å². The summed E-state index contributed by atoms with van der Waals surface area (Å²) in [4.78, 5) is 41.5. The molecule has 0 spiro atoms. The van der Waals surface area contributed by atoms with Crippen molar-refractivity contribution in [3.8, 4) is 0 Å². The zero-order chi connectivity index (χ0) is 29.6. The van der Waals surface area contributed by atoms with Crippen molar-refractivity contribution in [3.05, 3.63) is 29.8 Å². The molecule has 39 heavy (non-hydrogen) atoms.